The predicted molar refractivity (Wildman–Crippen MR) is 89.4 cm³/mol. The van der Waals surface area contributed by atoms with Gasteiger partial charge < -0.3 is 9.64 Å². The van der Waals surface area contributed by atoms with Crippen molar-refractivity contribution < 1.29 is 17.9 Å². The lowest BCUT2D eigenvalue weighted by Gasteiger charge is -2.17. The van der Waals surface area contributed by atoms with Crippen LogP contribution in [0.3, 0.4) is 0 Å². The molecule has 2 aromatic rings. The molecule has 0 spiro atoms. The number of hydrogen-bond acceptors (Lipinski definition) is 5. The first-order valence-electron chi connectivity index (χ1n) is 6.78. The standard InChI is InChI=1S/C15H18N2O4S2/c1-16-23(19,20)14-9-11(6-7-13(14)21-3)15(18)17(2)10-12-5-4-8-22-12/h4-9,16H,10H2,1-3H3. The summed E-state index contributed by atoms with van der Waals surface area (Å²) in [7, 11) is 0.658. The van der Waals surface area contributed by atoms with Crippen LogP contribution in [-0.4, -0.2) is 40.4 Å². The van der Waals surface area contributed by atoms with Crippen molar-refractivity contribution in [3.05, 3.63) is 46.2 Å². The Balaban J connectivity index is 2.32. The normalized spacial score (nSPS) is 11.3. The molecule has 0 fully saturated rings. The van der Waals surface area contributed by atoms with Gasteiger partial charge in [0.2, 0.25) is 10.0 Å². The Bertz CT molecular complexity index is 786. The zero-order chi connectivity index (χ0) is 17.0. The summed E-state index contributed by atoms with van der Waals surface area (Å²) in [6.07, 6.45) is 0. The Morgan fingerprint density at radius 2 is 2.09 bits per heavy atom. The van der Waals surface area contributed by atoms with Crippen LogP contribution in [0, 0.1) is 0 Å². The van der Waals surface area contributed by atoms with Crippen molar-refractivity contribution >= 4 is 27.3 Å². The Kier molecular flexibility index (Phi) is 5.40. The Labute approximate surface area is 139 Å². The van der Waals surface area contributed by atoms with Crippen LogP contribution in [-0.2, 0) is 16.6 Å². The number of carbonyl (C=O) groups excluding carboxylic acids is 1. The second-order valence-corrected chi connectivity index (χ2v) is 7.70. The highest BCUT2D eigenvalue weighted by atomic mass is 32.2. The topological polar surface area (TPSA) is 75.7 Å². The van der Waals surface area contributed by atoms with E-state index in [1.165, 1.54) is 26.3 Å². The second kappa shape index (κ2) is 7.12. The summed E-state index contributed by atoms with van der Waals surface area (Å²) in [5, 5.41) is 1.94. The molecule has 0 radical (unpaired) electrons. The molecule has 0 saturated heterocycles. The minimum absolute atomic E-state index is 0.0575. The number of ether oxygens (including phenoxy) is 1. The van der Waals surface area contributed by atoms with Crippen LogP contribution in [0.25, 0.3) is 0 Å². The average molecular weight is 354 g/mol. The maximum atomic E-state index is 12.5. The summed E-state index contributed by atoms with van der Waals surface area (Å²) in [6, 6.07) is 8.23. The van der Waals surface area contributed by atoms with Crippen LogP contribution in [0.15, 0.2) is 40.6 Å². The molecular weight excluding hydrogens is 336 g/mol. The number of nitrogens with zero attached hydrogens (tertiary/aromatic N) is 1. The summed E-state index contributed by atoms with van der Waals surface area (Å²) in [5.41, 5.74) is 0.290. The maximum absolute atomic E-state index is 12.5. The molecule has 6 nitrogen and oxygen atoms in total. The van der Waals surface area contributed by atoms with Gasteiger partial charge >= 0.3 is 0 Å². The van der Waals surface area contributed by atoms with E-state index < -0.39 is 10.0 Å². The lowest BCUT2D eigenvalue weighted by Crippen LogP contribution is -2.26. The van der Waals surface area contributed by atoms with E-state index in [1.54, 1.807) is 29.4 Å². The minimum atomic E-state index is -3.72. The van der Waals surface area contributed by atoms with Crippen LogP contribution in [0.1, 0.15) is 15.2 Å². The molecule has 1 aromatic carbocycles. The smallest absolute Gasteiger partial charge is 0.253 e. The third-order valence-corrected chi connectivity index (χ3v) is 5.59. The number of sulfonamides is 1. The predicted octanol–water partition coefficient (Wildman–Crippen LogP) is 1.94. The van der Waals surface area contributed by atoms with Crippen molar-refractivity contribution in [3.8, 4) is 5.75 Å². The first kappa shape index (κ1) is 17.5. The fourth-order valence-electron chi connectivity index (χ4n) is 2.06. The number of amides is 1. The van der Waals surface area contributed by atoms with Gasteiger partial charge in [-0.1, -0.05) is 6.07 Å². The lowest BCUT2D eigenvalue weighted by atomic mass is 10.2. The molecule has 0 aliphatic heterocycles. The van der Waals surface area contributed by atoms with Gasteiger partial charge in [0.05, 0.1) is 13.7 Å². The molecule has 2 rings (SSSR count). The zero-order valence-electron chi connectivity index (χ0n) is 13.1. The third-order valence-electron chi connectivity index (χ3n) is 3.29. The van der Waals surface area contributed by atoms with Gasteiger partial charge in [-0.25, -0.2) is 13.1 Å². The third kappa shape index (κ3) is 3.90. The number of carbonyl (C=O) groups is 1. The van der Waals surface area contributed by atoms with Crippen molar-refractivity contribution in [1.29, 1.82) is 0 Å². The lowest BCUT2D eigenvalue weighted by molar-refractivity contribution is 0.0786. The van der Waals surface area contributed by atoms with Gasteiger partial charge in [0.1, 0.15) is 10.6 Å². The fraction of sp³-hybridized carbons (Fsp3) is 0.267. The Morgan fingerprint density at radius 1 is 1.35 bits per heavy atom. The van der Waals surface area contributed by atoms with E-state index in [9.17, 15) is 13.2 Å². The Morgan fingerprint density at radius 3 is 2.65 bits per heavy atom. The quantitative estimate of drug-likeness (QED) is 0.860. The van der Waals surface area contributed by atoms with Crippen molar-refractivity contribution in [2.24, 2.45) is 0 Å². The van der Waals surface area contributed by atoms with E-state index in [-0.39, 0.29) is 16.6 Å². The summed E-state index contributed by atoms with van der Waals surface area (Å²) in [5.74, 6) is -0.0644. The molecule has 0 unspecified atom stereocenters. The van der Waals surface area contributed by atoms with Crippen LogP contribution in [0.2, 0.25) is 0 Å². The van der Waals surface area contributed by atoms with E-state index in [2.05, 4.69) is 4.72 Å². The number of benzene rings is 1. The fourth-order valence-corrected chi connectivity index (χ4v) is 3.73. The molecule has 0 bridgehead atoms. The van der Waals surface area contributed by atoms with Crippen LogP contribution in [0.4, 0.5) is 0 Å². The first-order chi connectivity index (χ1) is 10.9. The molecule has 1 N–H and O–H groups in total. The van der Waals surface area contributed by atoms with E-state index in [1.807, 2.05) is 17.5 Å². The van der Waals surface area contributed by atoms with Crippen LogP contribution < -0.4 is 9.46 Å². The van der Waals surface area contributed by atoms with E-state index in [0.717, 1.165) is 4.88 Å². The summed E-state index contributed by atoms with van der Waals surface area (Å²) >= 11 is 1.56. The molecule has 0 aliphatic carbocycles. The molecule has 8 heteroatoms. The number of thiophene rings is 1. The number of hydrogen-bond donors (Lipinski definition) is 1. The van der Waals surface area contributed by atoms with E-state index >= 15 is 0 Å². The molecule has 1 heterocycles. The van der Waals surface area contributed by atoms with E-state index in [0.29, 0.717) is 12.1 Å². The van der Waals surface area contributed by atoms with Gasteiger partial charge in [-0.3, -0.25) is 4.79 Å². The summed E-state index contributed by atoms with van der Waals surface area (Å²) in [4.78, 5) is 15.1. The first-order valence-corrected chi connectivity index (χ1v) is 9.14. The monoisotopic (exact) mass is 354 g/mol. The van der Waals surface area contributed by atoms with Gasteiger partial charge in [-0.2, -0.15) is 0 Å². The average Bonchev–Trinajstić information content (AvgIpc) is 3.06. The number of methoxy groups -OCH3 is 1. The molecule has 1 amide bonds. The highest BCUT2D eigenvalue weighted by molar-refractivity contribution is 7.89. The second-order valence-electron chi connectivity index (χ2n) is 4.81. The highest BCUT2D eigenvalue weighted by Crippen LogP contribution is 2.25. The molecule has 124 valence electrons. The van der Waals surface area contributed by atoms with Crippen molar-refractivity contribution in [3.63, 3.8) is 0 Å². The van der Waals surface area contributed by atoms with Gasteiger partial charge in [-0.05, 0) is 36.7 Å². The molecular formula is C15H18N2O4S2. The zero-order valence-corrected chi connectivity index (χ0v) is 14.7. The van der Waals surface area contributed by atoms with Gasteiger partial charge in [0.15, 0.2) is 0 Å². The number of nitrogens with one attached hydrogen (secondary N) is 1. The molecule has 0 atom stereocenters. The minimum Gasteiger partial charge on any atom is -0.495 e. The van der Waals surface area contributed by atoms with Crippen molar-refractivity contribution in [1.82, 2.24) is 9.62 Å². The molecule has 0 aliphatic rings. The summed E-state index contributed by atoms with van der Waals surface area (Å²) < 4.78 is 31.4. The van der Waals surface area contributed by atoms with Crippen molar-refractivity contribution in [2.45, 2.75) is 11.4 Å². The molecule has 1 aromatic heterocycles. The number of rotatable bonds is 6. The van der Waals surface area contributed by atoms with Gasteiger partial charge in [0.25, 0.3) is 5.91 Å². The van der Waals surface area contributed by atoms with Gasteiger partial charge in [-0.15, -0.1) is 11.3 Å². The van der Waals surface area contributed by atoms with Crippen LogP contribution >= 0.6 is 11.3 Å². The van der Waals surface area contributed by atoms with Gasteiger partial charge in [0, 0.05) is 17.5 Å². The Hall–Kier alpha value is -1.90. The molecule has 23 heavy (non-hydrogen) atoms. The van der Waals surface area contributed by atoms with Crippen molar-refractivity contribution in [2.75, 3.05) is 21.2 Å². The SMILES string of the molecule is CNS(=O)(=O)c1cc(C(=O)N(C)Cc2cccs2)ccc1OC. The highest BCUT2D eigenvalue weighted by Gasteiger charge is 2.21. The largest absolute Gasteiger partial charge is 0.495 e. The van der Waals surface area contributed by atoms with E-state index in [4.69, 9.17) is 4.74 Å². The summed E-state index contributed by atoms with van der Waals surface area (Å²) in [6.45, 7) is 0.469. The maximum Gasteiger partial charge on any atom is 0.253 e. The molecule has 0 saturated carbocycles. The van der Waals surface area contributed by atoms with Crippen LogP contribution in [0.5, 0.6) is 5.75 Å².